The molecule has 1 unspecified atom stereocenters. The van der Waals surface area contributed by atoms with E-state index in [1.807, 2.05) is 67.6 Å². The van der Waals surface area contributed by atoms with Gasteiger partial charge in [0.25, 0.3) is 0 Å². The number of anilines is 1. The van der Waals surface area contributed by atoms with E-state index >= 15 is 0 Å². The maximum atomic E-state index is 14.1. The first-order chi connectivity index (χ1) is 19.0. The van der Waals surface area contributed by atoms with Crippen LogP contribution in [0.2, 0.25) is 0 Å². The second kappa shape index (κ2) is 11.8. The number of rotatable bonds is 9. The van der Waals surface area contributed by atoms with Gasteiger partial charge in [0, 0.05) is 16.2 Å². The van der Waals surface area contributed by atoms with E-state index in [0.717, 1.165) is 21.2 Å². The summed E-state index contributed by atoms with van der Waals surface area (Å²) >= 11 is 3.53. The van der Waals surface area contributed by atoms with Crippen LogP contribution < -0.4 is 10.1 Å². The monoisotopic (exact) mass is 582 g/mol. The molecule has 0 aliphatic rings. The van der Waals surface area contributed by atoms with Gasteiger partial charge >= 0.3 is 0 Å². The van der Waals surface area contributed by atoms with E-state index in [1.54, 1.807) is 12.3 Å². The number of aromatic nitrogens is 1. The number of hydrogen-bond donors (Lipinski definition) is 2. The van der Waals surface area contributed by atoms with E-state index in [9.17, 15) is 9.50 Å². The van der Waals surface area contributed by atoms with Gasteiger partial charge in [-0.05, 0) is 63.3 Å². The molecule has 5 rings (SSSR count). The first-order valence-electron chi connectivity index (χ1n) is 12.7. The molecule has 0 amide bonds. The van der Waals surface area contributed by atoms with Crippen molar-refractivity contribution in [3.8, 4) is 5.75 Å². The molecular weight excluding hydrogens is 555 g/mol. The molecular formula is C33H28BrFN2O2. The Morgan fingerprint density at radius 3 is 1.90 bits per heavy atom. The van der Waals surface area contributed by atoms with Crippen molar-refractivity contribution in [3.05, 3.63) is 160 Å². The highest BCUT2D eigenvalue weighted by Gasteiger charge is 2.37. The van der Waals surface area contributed by atoms with Crippen molar-refractivity contribution in [2.24, 2.45) is 0 Å². The predicted molar refractivity (Wildman–Crippen MR) is 156 cm³/mol. The SMILES string of the molecule is CC(Oc1cc(Br)cnc1NC(c1ccccc1)(c1ccccc1)c1ccccc1)c1cc(F)ccc1CO. The highest BCUT2D eigenvalue weighted by Crippen LogP contribution is 2.42. The van der Waals surface area contributed by atoms with Crippen LogP contribution in [-0.4, -0.2) is 10.1 Å². The van der Waals surface area contributed by atoms with E-state index in [-0.39, 0.29) is 12.4 Å². The molecule has 4 aromatic carbocycles. The van der Waals surface area contributed by atoms with Crippen molar-refractivity contribution in [1.29, 1.82) is 0 Å². The molecule has 1 aromatic heterocycles. The Balaban J connectivity index is 1.66. The summed E-state index contributed by atoms with van der Waals surface area (Å²) in [6.07, 6.45) is 1.16. The Hall–Kier alpha value is -4.00. The molecule has 5 aromatic rings. The van der Waals surface area contributed by atoms with Crippen molar-refractivity contribution in [3.63, 3.8) is 0 Å². The predicted octanol–water partition coefficient (Wildman–Crippen LogP) is 8.02. The van der Waals surface area contributed by atoms with E-state index in [4.69, 9.17) is 9.72 Å². The molecule has 0 fully saturated rings. The van der Waals surface area contributed by atoms with Crippen LogP contribution in [0.15, 0.2) is 126 Å². The molecule has 0 saturated carbocycles. The van der Waals surface area contributed by atoms with Crippen LogP contribution in [0, 0.1) is 5.82 Å². The largest absolute Gasteiger partial charge is 0.482 e. The van der Waals surface area contributed by atoms with Gasteiger partial charge in [-0.3, -0.25) is 0 Å². The zero-order valence-corrected chi connectivity index (χ0v) is 23.0. The van der Waals surface area contributed by atoms with Gasteiger partial charge in [0.1, 0.15) is 17.5 Å². The van der Waals surface area contributed by atoms with Crippen molar-refractivity contribution in [2.45, 2.75) is 25.2 Å². The lowest BCUT2D eigenvalue weighted by atomic mass is 9.77. The molecule has 2 N–H and O–H groups in total. The van der Waals surface area contributed by atoms with Gasteiger partial charge in [-0.25, -0.2) is 9.37 Å². The summed E-state index contributed by atoms with van der Waals surface area (Å²) in [5.74, 6) is 0.611. The van der Waals surface area contributed by atoms with Crippen LogP contribution in [0.3, 0.4) is 0 Å². The van der Waals surface area contributed by atoms with Gasteiger partial charge in [-0.1, -0.05) is 97.1 Å². The molecule has 0 aliphatic carbocycles. The summed E-state index contributed by atoms with van der Waals surface area (Å²) in [4.78, 5) is 4.74. The number of nitrogens with one attached hydrogen (secondary N) is 1. The van der Waals surface area contributed by atoms with E-state index in [1.165, 1.54) is 12.1 Å². The van der Waals surface area contributed by atoms with Crippen LogP contribution in [0.1, 0.15) is 40.8 Å². The Kier molecular flexibility index (Phi) is 8.05. The van der Waals surface area contributed by atoms with E-state index in [0.29, 0.717) is 22.7 Å². The Morgan fingerprint density at radius 1 is 0.846 bits per heavy atom. The van der Waals surface area contributed by atoms with Gasteiger partial charge in [0.2, 0.25) is 0 Å². The summed E-state index contributed by atoms with van der Waals surface area (Å²) < 4.78 is 21.3. The van der Waals surface area contributed by atoms with Crippen molar-refractivity contribution in [2.75, 3.05) is 5.32 Å². The summed E-state index contributed by atoms with van der Waals surface area (Å²) in [7, 11) is 0. The van der Waals surface area contributed by atoms with Crippen LogP contribution in [0.5, 0.6) is 5.75 Å². The van der Waals surface area contributed by atoms with Crippen molar-refractivity contribution < 1.29 is 14.2 Å². The Labute approximate surface area is 236 Å². The zero-order chi connectivity index (χ0) is 27.2. The number of nitrogens with zero attached hydrogens (tertiary/aromatic N) is 1. The number of aliphatic hydroxyl groups is 1. The van der Waals surface area contributed by atoms with Gasteiger partial charge in [0.15, 0.2) is 11.6 Å². The average Bonchev–Trinajstić information content (AvgIpc) is 2.98. The van der Waals surface area contributed by atoms with Gasteiger partial charge in [-0.15, -0.1) is 0 Å². The third-order valence-corrected chi connectivity index (χ3v) is 7.20. The quantitative estimate of drug-likeness (QED) is 0.173. The third-order valence-electron chi connectivity index (χ3n) is 6.77. The Morgan fingerprint density at radius 2 is 1.38 bits per heavy atom. The fourth-order valence-corrected chi connectivity index (χ4v) is 5.22. The number of halogens is 2. The molecule has 39 heavy (non-hydrogen) atoms. The maximum absolute atomic E-state index is 14.1. The van der Waals surface area contributed by atoms with Crippen molar-refractivity contribution >= 4 is 21.7 Å². The Bertz CT molecular complexity index is 1440. The minimum atomic E-state index is -0.804. The minimum absolute atomic E-state index is 0.218. The number of aliphatic hydroxyl groups excluding tert-OH is 1. The molecule has 0 saturated heterocycles. The van der Waals surface area contributed by atoms with Gasteiger partial charge < -0.3 is 15.2 Å². The van der Waals surface area contributed by atoms with E-state index in [2.05, 4.69) is 57.6 Å². The summed E-state index contributed by atoms with van der Waals surface area (Å²) in [6.45, 7) is 1.61. The molecule has 0 aliphatic heterocycles. The van der Waals surface area contributed by atoms with Crippen molar-refractivity contribution in [1.82, 2.24) is 4.98 Å². The first-order valence-corrected chi connectivity index (χ1v) is 13.5. The fourth-order valence-electron chi connectivity index (χ4n) is 4.91. The number of hydrogen-bond acceptors (Lipinski definition) is 4. The van der Waals surface area contributed by atoms with Crippen LogP contribution in [0.4, 0.5) is 10.2 Å². The molecule has 0 spiro atoms. The lowest BCUT2D eigenvalue weighted by Gasteiger charge is -2.38. The first kappa shape index (κ1) is 26.6. The highest BCUT2D eigenvalue weighted by atomic mass is 79.9. The molecule has 6 heteroatoms. The summed E-state index contributed by atoms with van der Waals surface area (Å²) in [6, 6.07) is 36.8. The van der Waals surface area contributed by atoms with Gasteiger partial charge in [0.05, 0.1) is 6.61 Å². The summed E-state index contributed by atoms with van der Waals surface area (Å²) in [5.41, 5.74) is 3.45. The third kappa shape index (κ3) is 5.58. The standard InChI is InChI=1S/C33H28BrFN2O2/c1-23(30-20-29(35)18-17-24(30)22-38)39-31-19-28(34)21-36-32(31)37-33(25-11-5-2-6-12-25,26-13-7-3-8-14-26)27-15-9-4-10-16-27/h2-21,23,38H,22H2,1H3,(H,36,37). The lowest BCUT2D eigenvalue weighted by molar-refractivity contribution is 0.218. The second-order valence-corrected chi connectivity index (χ2v) is 10.2. The smallest absolute Gasteiger partial charge is 0.170 e. The van der Waals surface area contributed by atoms with Crippen LogP contribution >= 0.6 is 15.9 Å². The van der Waals surface area contributed by atoms with E-state index < -0.39 is 11.6 Å². The zero-order valence-electron chi connectivity index (χ0n) is 21.4. The van der Waals surface area contributed by atoms with Crippen LogP contribution in [0.25, 0.3) is 0 Å². The molecule has 4 nitrogen and oxygen atoms in total. The topological polar surface area (TPSA) is 54.4 Å². The number of ether oxygens (including phenoxy) is 1. The average molecular weight is 584 g/mol. The van der Waals surface area contributed by atoms with Crippen LogP contribution in [-0.2, 0) is 12.1 Å². The highest BCUT2D eigenvalue weighted by molar-refractivity contribution is 9.10. The minimum Gasteiger partial charge on any atom is -0.482 e. The molecule has 196 valence electrons. The lowest BCUT2D eigenvalue weighted by Crippen LogP contribution is -2.38. The molecule has 1 atom stereocenters. The number of pyridine rings is 1. The molecule has 0 bridgehead atoms. The second-order valence-electron chi connectivity index (χ2n) is 9.23. The van der Waals surface area contributed by atoms with Gasteiger partial charge in [-0.2, -0.15) is 0 Å². The maximum Gasteiger partial charge on any atom is 0.170 e. The number of benzene rings is 4. The molecule has 0 radical (unpaired) electrons. The fraction of sp³-hybridized carbons (Fsp3) is 0.121. The summed E-state index contributed by atoms with van der Waals surface area (Å²) in [5, 5.41) is 13.6. The molecule has 1 heterocycles. The normalized spacial score (nSPS) is 12.1.